The Balaban J connectivity index is 1.81. The molecule has 4 rings (SSSR count). The fourth-order valence-electron chi connectivity index (χ4n) is 4.94. The molecule has 2 amide bonds. The smallest absolute Gasteiger partial charge is 0.264 e. The van der Waals surface area contributed by atoms with E-state index in [0.717, 1.165) is 26.6 Å². The van der Waals surface area contributed by atoms with Gasteiger partial charge in [0.2, 0.25) is 11.8 Å². The predicted molar refractivity (Wildman–Crippen MR) is 173 cm³/mol. The third-order valence-corrected chi connectivity index (χ3v) is 9.29. The van der Waals surface area contributed by atoms with E-state index in [4.69, 9.17) is 4.74 Å². The Hall–Kier alpha value is -4.63. The molecule has 1 N–H and O–H groups in total. The number of likely N-dealkylation sites (N-methyl/N-ethyl adjacent to an activating group) is 1. The summed E-state index contributed by atoms with van der Waals surface area (Å²) in [6.07, 6.45) is 0.247. The number of anilines is 1. The van der Waals surface area contributed by atoms with Crippen molar-refractivity contribution in [1.82, 2.24) is 10.2 Å². The van der Waals surface area contributed by atoms with Gasteiger partial charge in [0.25, 0.3) is 10.0 Å². The number of sulfonamides is 1. The zero-order chi connectivity index (χ0) is 31.7. The molecule has 0 saturated carbocycles. The van der Waals surface area contributed by atoms with E-state index in [-0.39, 0.29) is 23.8 Å². The minimum atomic E-state index is -4.15. The molecule has 0 aliphatic rings. The second-order valence-electron chi connectivity index (χ2n) is 10.6. The van der Waals surface area contributed by atoms with E-state index in [1.807, 2.05) is 69.3 Å². The summed E-state index contributed by atoms with van der Waals surface area (Å²) in [5.41, 5.74) is 3.86. The third kappa shape index (κ3) is 7.85. The zero-order valence-corrected chi connectivity index (χ0v) is 26.4. The number of carbonyl (C=O) groups is 2. The number of benzene rings is 4. The molecule has 1 unspecified atom stereocenters. The Bertz CT molecular complexity index is 1680. The summed E-state index contributed by atoms with van der Waals surface area (Å²) in [4.78, 5) is 29.6. The predicted octanol–water partition coefficient (Wildman–Crippen LogP) is 5.28. The van der Waals surface area contributed by atoms with Crippen LogP contribution >= 0.6 is 0 Å². The van der Waals surface area contributed by atoms with E-state index in [1.54, 1.807) is 49.6 Å². The fourth-order valence-corrected chi connectivity index (χ4v) is 6.37. The van der Waals surface area contributed by atoms with Crippen LogP contribution in [0.3, 0.4) is 0 Å². The van der Waals surface area contributed by atoms with Crippen LogP contribution in [0.2, 0.25) is 0 Å². The Morgan fingerprint density at radius 2 is 1.48 bits per heavy atom. The summed E-state index contributed by atoms with van der Waals surface area (Å²) < 4.78 is 34.7. The lowest BCUT2D eigenvalue weighted by atomic mass is 10.0. The average Bonchev–Trinajstić information content (AvgIpc) is 3.03. The molecule has 1 atom stereocenters. The van der Waals surface area contributed by atoms with Crippen molar-refractivity contribution in [3.8, 4) is 5.75 Å². The van der Waals surface area contributed by atoms with Crippen molar-refractivity contribution in [2.24, 2.45) is 0 Å². The molecule has 0 heterocycles. The largest absolute Gasteiger partial charge is 0.497 e. The van der Waals surface area contributed by atoms with E-state index < -0.39 is 28.5 Å². The van der Waals surface area contributed by atoms with Gasteiger partial charge in [-0.1, -0.05) is 66.7 Å². The molecular weight excluding hydrogens is 574 g/mol. The van der Waals surface area contributed by atoms with Gasteiger partial charge in [0, 0.05) is 19.5 Å². The number of hydrogen-bond acceptors (Lipinski definition) is 5. The lowest BCUT2D eigenvalue weighted by Crippen LogP contribution is -2.53. The normalized spacial score (nSPS) is 11.8. The van der Waals surface area contributed by atoms with Gasteiger partial charge in [0.1, 0.15) is 18.3 Å². The van der Waals surface area contributed by atoms with Crippen LogP contribution in [0.5, 0.6) is 5.75 Å². The Labute approximate surface area is 260 Å². The van der Waals surface area contributed by atoms with Gasteiger partial charge in [-0.05, 0) is 79.4 Å². The number of ether oxygens (including phenoxy) is 1. The van der Waals surface area contributed by atoms with Crippen molar-refractivity contribution in [2.75, 3.05) is 24.5 Å². The van der Waals surface area contributed by atoms with Crippen LogP contribution in [-0.4, -0.2) is 51.4 Å². The fraction of sp³-hybridized carbons (Fsp3) is 0.257. The first-order valence-corrected chi connectivity index (χ1v) is 16.0. The summed E-state index contributed by atoms with van der Waals surface area (Å²) in [6.45, 7) is 5.60. The van der Waals surface area contributed by atoms with Crippen LogP contribution in [0, 0.1) is 13.8 Å². The molecular formula is C35H39N3O5S. The number of amides is 2. The first kappa shape index (κ1) is 32.3. The summed E-state index contributed by atoms with van der Waals surface area (Å²) >= 11 is 0. The van der Waals surface area contributed by atoms with Crippen LogP contribution in [0.1, 0.15) is 29.2 Å². The second-order valence-corrected chi connectivity index (χ2v) is 12.4. The molecule has 44 heavy (non-hydrogen) atoms. The quantitative estimate of drug-likeness (QED) is 0.221. The van der Waals surface area contributed by atoms with Crippen molar-refractivity contribution < 1.29 is 22.7 Å². The molecule has 4 aromatic carbocycles. The number of nitrogens with one attached hydrogen (secondary N) is 1. The summed E-state index contributed by atoms with van der Waals surface area (Å²) in [5, 5.41) is 2.87. The van der Waals surface area contributed by atoms with Gasteiger partial charge >= 0.3 is 0 Å². The van der Waals surface area contributed by atoms with Crippen molar-refractivity contribution >= 4 is 27.5 Å². The molecule has 0 aliphatic carbocycles. The van der Waals surface area contributed by atoms with Gasteiger partial charge < -0.3 is 15.0 Å². The van der Waals surface area contributed by atoms with E-state index in [0.29, 0.717) is 18.0 Å². The number of rotatable bonds is 13. The van der Waals surface area contributed by atoms with E-state index in [1.165, 1.54) is 17.0 Å². The standard InChI is InChI=1S/C35H39N3O5S/c1-5-36-35(40)33(23-28-13-8-6-9-14-28)37(24-29-15-12-16-31(22-29)43-4)34(39)25-38(30-20-19-26(2)27(3)21-30)44(41,42)32-17-10-7-11-18-32/h6-22,33H,5,23-25H2,1-4H3,(H,36,40). The Morgan fingerprint density at radius 3 is 2.11 bits per heavy atom. The molecule has 0 aliphatic heterocycles. The zero-order valence-electron chi connectivity index (χ0n) is 25.6. The summed E-state index contributed by atoms with van der Waals surface area (Å²) in [7, 11) is -2.59. The third-order valence-electron chi connectivity index (χ3n) is 7.50. The van der Waals surface area contributed by atoms with Crippen molar-refractivity contribution in [2.45, 2.75) is 44.7 Å². The van der Waals surface area contributed by atoms with Gasteiger partial charge in [-0.2, -0.15) is 0 Å². The molecule has 0 bridgehead atoms. The molecule has 0 fully saturated rings. The molecule has 9 heteroatoms. The first-order chi connectivity index (χ1) is 21.1. The van der Waals surface area contributed by atoms with Gasteiger partial charge in [-0.3, -0.25) is 13.9 Å². The number of aryl methyl sites for hydroxylation is 2. The molecule has 0 spiro atoms. The number of carbonyl (C=O) groups excluding carboxylic acids is 2. The number of methoxy groups -OCH3 is 1. The van der Waals surface area contributed by atoms with Crippen LogP contribution < -0.4 is 14.4 Å². The van der Waals surface area contributed by atoms with Crippen molar-refractivity contribution in [3.63, 3.8) is 0 Å². The maximum Gasteiger partial charge on any atom is 0.264 e. The van der Waals surface area contributed by atoms with Crippen LogP contribution in [-0.2, 0) is 32.6 Å². The van der Waals surface area contributed by atoms with E-state index >= 15 is 0 Å². The molecule has 0 saturated heterocycles. The second kappa shape index (κ2) is 14.7. The number of nitrogens with zero attached hydrogens (tertiary/aromatic N) is 2. The van der Waals surface area contributed by atoms with Crippen LogP contribution in [0.4, 0.5) is 5.69 Å². The molecule has 8 nitrogen and oxygen atoms in total. The lowest BCUT2D eigenvalue weighted by molar-refractivity contribution is -0.140. The average molecular weight is 614 g/mol. The Morgan fingerprint density at radius 1 is 0.818 bits per heavy atom. The topological polar surface area (TPSA) is 96.0 Å². The highest BCUT2D eigenvalue weighted by atomic mass is 32.2. The van der Waals surface area contributed by atoms with E-state index in [9.17, 15) is 18.0 Å². The van der Waals surface area contributed by atoms with Gasteiger partial charge in [0.05, 0.1) is 17.7 Å². The lowest BCUT2D eigenvalue weighted by Gasteiger charge is -2.34. The minimum absolute atomic E-state index is 0.0648. The van der Waals surface area contributed by atoms with Crippen molar-refractivity contribution in [1.29, 1.82) is 0 Å². The number of hydrogen-bond donors (Lipinski definition) is 1. The van der Waals surface area contributed by atoms with Crippen LogP contribution in [0.25, 0.3) is 0 Å². The van der Waals surface area contributed by atoms with Crippen molar-refractivity contribution in [3.05, 3.63) is 125 Å². The van der Waals surface area contributed by atoms with Gasteiger partial charge in [0.15, 0.2) is 0 Å². The molecule has 0 radical (unpaired) electrons. The monoisotopic (exact) mass is 613 g/mol. The van der Waals surface area contributed by atoms with Gasteiger partial charge in [-0.25, -0.2) is 8.42 Å². The highest BCUT2D eigenvalue weighted by Gasteiger charge is 2.34. The first-order valence-electron chi connectivity index (χ1n) is 14.5. The minimum Gasteiger partial charge on any atom is -0.497 e. The molecule has 230 valence electrons. The highest BCUT2D eigenvalue weighted by molar-refractivity contribution is 7.92. The highest BCUT2D eigenvalue weighted by Crippen LogP contribution is 2.27. The molecule has 0 aromatic heterocycles. The SMILES string of the molecule is CCNC(=O)C(Cc1ccccc1)N(Cc1cccc(OC)c1)C(=O)CN(c1ccc(C)c(C)c1)S(=O)(=O)c1ccccc1. The maximum absolute atomic E-state index is 14.5. The summed E-state index contributed by atoms with van der Waals surface area (Å²) in [6, 6.07) is 29.2. The Kier molecular flexibility index (Phi) is 10.8. The van der Waals surface area contributed by atoms with E-state index in [2.05, 4.69) is 5.32 Å². The molecule has 4 aromatic rings. The summed E-state index contributed by atoms with van der Waals surface area (Å²) in [5.74, 6) is -0.232. The maximum atomic E-state index is 14.5. The van der Waals surface area contributed by atoms with Gasteiger partial charge in [-0.15, -0.1) is 0 Å². The van der Waals surface area contributed by atoms with Crippen LogP contribution in [0.15, 0.2) is 108 Å².